The maximum absolute atomic E-state index is 13.4. The SMILES string of the molecule is CCC1(CC)CNC(C)CN1Cc1ccc(F)c(Br)c1. The van der Waals surface area contributed by atoms with E-state index in [-0.39, 0.29) is 11.4 Å². The Kier molecular flexibility index (Phi) is 5.21. The number of rotatable bonds is 4. The van der Waals surface area contributed by atoms with Gasteiger partial charge in [0.15, 0.2) is 0 Å². The predicted octanol–water partition coefficient (Wildman–Crippen LogP) is 3.94. The number of nitrogens with zero attached hydrogens (tertiary/aromatic N) is 1. The Labute approximate surface area is 129 Å². The van der Waals surface area contributed by atoms with Crippen molar-refractivity contribution in [2.45, 2.75) is 51.7 Å². The molecule has 0 radical (unpaired) electrons. The number of hydrogen-bond donors (Lipinski definition) is 1. The molecule has 1 saturated heterocycles. The molecule has 0 bridgehead atoms. The Morgan fingerprint density at radius 2 is 2.10 bits per heavy atom. The summed E-state index contributed by atoms with van der Waals surface area (Å²) in [6.45, 7) is 9.69. The van der Waals surface area contributed by atoms with E-state index < -0.39 is 0 Å². The lowest BCUT2D eigenvalue weighted by Gasteiger charge is -2.49. The summed E-state index contributed by atoms with van der Waals surface area (Å²) in [5.41, 5.74) is 1.38. The number of nitrogens with one attached hydrogen (secondary N) is 1. The average Bonchev–Trinajstić information content (AvgIpc) is 2.44. The second-order valence-corrected chi connectivity index (χ2v) is 6.70. The molecule has 20 heavy (non-hydrogen) atoms. The largest absolute Gasteiger partial charge is 0.311 e. The summed E-state index contributed by atoms with van der Waals surface area (Å²) in [5, 5.41) is 3.60. The highest BCUT2D eigenvalue weighted by molar-refractivity contribution is 9.10. The summed E-state index contributed by atoms with van der Waals surface area (Å²) >= 11 is 3.28. The van der Waals surface area contributed by atoms with Crippen LogP contribution in [0.15, 0.2) is 22.7 Å². The molecule has 0 spiro atoms. The zero-order valence-corrected chi connectivity index (χ0v) is 14.1. The van der Waals surface area contributed by atoms with Crippen molar-refractivity contribution in [2.24, 2.45) is 0 Å². The molecule has 1 aliphatic heterocycles. The number of hydrogen-bond acceptors (Lipinski definition) is 2. The average molecular weight is 343 g/mol. The zero-order chi connectivity index (χ0) is 14.8. The molecular weight excluding hydrogens is 319 g/mol. The van der Waals surface area contributed by atoms with Gasteiger partial charge in [0.1, 0.15) is 5.82 Å². The van der Waals surface area contributed by atoms with Crippen molar-refractivity contribution < 1.29 is 4.39 Å². The van der Waals surface area contributed by atoms with Gasteiger partial charge in [0.2, 0.25) is 0 Å². The molecule has 112 valence electrons. The number of halogens is 2. The van der Waals surface area contributed by atoms with E-state index in [0.717, 1.165) is 32.5 Å². The smallest absolute Gasteiger partial charge is 0.137 e. The molecule has 1 aliphatic rings. The second kappa shape index (κ2) is 6.54. The van der Waals surface area contributed by atoms with Crippen molar-refractivity contribution >= 4 is 15.9 Å². The molecule has 1 aromatic carbocycles. The molecule has 1 fully saturated rings. The van der Waals surface area contributed by atoms with Crippen LogP contribution >= 0.6 is 15.9 Å². The van der Waals surface area contributed by atoms with E-state index in [4.69, 9.17) is 0 Å². The van der Waals surface area contributed by atoms with E-state index in [1.54, 1.807) is 6.07 Å². The van der Waals surface area contributed by atoms with Gasteiger partial charge in [-0.2, -0.15) is 0 Å². The van der Waals surface area contributed by atoms with Crippen LogP contribution in [0.3, 0.4) is 0 Å². The third-order valence-electron chi connectivity index (χ3n) is 4.62. The first-order chi connectivity index (χ1) is 9.50. The quantitative estimate of drug-likeness (QED) is 0.891. The topological polar surface area (TPSA) is 15.3 Å². The molecule has 2 nitrogen and oxygen atoms in total. The van der Waals surface area contributed by atoms with Gasteiger partial charge in [0, 0.05) is 31.2 Å². The lowest BCUT2D eigenvalue weighted by atomic mass is 9.87. The van der Waals surface area contributed by atoms with Crippen molar-refractivity contribution in [1.82, 2.24) is 10.2 Å². The van der Waals surface area contributed by atoms with Crippen LogP contribution in [-0.2, 0) is 6.54 Å². The third kappa shape index (κ3) is 3.23. The summed E-state index contributed by atoms with van der Waals surface area (Å²) in [6, 6.07) is 5.84. The molecule has 0 amide bonds. The number of piperazine rings is 1. The summed E-state index contributed by atoms with van der Waals surface area (Å²) in [5.74, 6) is -0.195. The van der Waals surface area contributed by atoms with E-state index in [0.29, 0.717) is 10.5 Å². The van der Waals surface area contributed by atoms with E-state index in [9.17, 15) is 4.39 Å². The molecule has 1 N–H and O–H groups in total. The lowest BCUT2D eigenvalue weighted by molar-refractivity contribution is 0.0278. The normalized spacial score (nSPS) is 22.9. The van der Waals surface area contributed by atoms with Crippen molar-refractivity contribution in [2.75, 3.05) is 13.1 Å². The molecule has 1 heterocycles. The van der Waals surface area contributed by atoms with Gasteiger partial charge in [-0.05, 0) is 53.4 Å². The standard InChI is InChI=1S/C16H24BrFN2/c1-4-16(5-2)11-19-12(3)9-20(16)10-13-6-7-15(18)14(17)8-13/h6-8,12,19H,4-5,9-11H2,1-3H3. The first-order valence-electron chi connectivity index (χ1n) is 7.43. The molecule has 1 aromatic rings. The summed E-state index contributed by atoms with van der Waals surface area (Å²) < 4.78 is 13.9. The molecule has 0 aliphatic carbocycles. The summed E-state index contributed by atoms with van der Waals surface area (Å²) in [6.07, 6.45) is 2.26. The Morgan fingerprint density at radius 3 is 2.70 bits per heavy atom. The molecular formula is C16H24BrFN2. The molecule has 0 saturated carbocycles. The van der Waals surface area contributed by atoms with Crippen molar-refractivity contribution in [1.29, 1.82) is 0 Å². The van der Waals surface area contributed by atoms with Gasteiger partial charge in [-0.1, -0.05) is 19.9 Å². The van der Waals surface area contributed by atoms with Gasteiger partial charge < -0.3 is 5.32 Å². The highest BCUT2D eigenvalue weighted by Gasteiger charge is 2.37. The Hall–Kier alpha value is -0.450. The van der Waals surface area contributed by atoms with Crippen LogP contribution in [0, 0.1) is 5.82 Å². The van der Waals surface area contributed by atoms with Gasteiger partial charge in [0.25, 0.3) is 0 Å². The Morgan fingerprint density at radius 1 is 1.40 bits per heavy atom. The van der Waals surface area contributed by atoms with Gasteiger partial charge in [-0.3, -0.25) is 4.90 Å². The first-order valence-corrected chi connectivity index (χ1v) is 8.22. The van der Waals surface area contributed by atoms with Crippen LogP contribution in [0.5, 0.6) is 0 Å². The summed E-state index contributed by atoms with van der Waals surface area (Å²) in [4.78, 5) is 2.56. The monoisotopic (exact) mass is 342 g/mol. The predicted molar refractivity (Wildman–Crippen MR) is 85.3 cm³/mol. The molecule has 4 heteroatoms. The highest BCUT2D eigenvalue weighted by atomic mass is 79.9. The number of benzene rings is 1. The van der Waals surface area contributed by atoms with E-state index in [1.807, 2.05) is 12.1 Å². The van der Waals surface area contributed by atoms with Crippen LogP contribution in [0.25, 0.3) is 0 Å². The highest BCUT2D eigenvalue weighted by Crippen LogP contribution is 2.29. The van der Waals surface area contributed by atoms with Crippen molar-refractivity contribution in [3.63, 3.8) is 0 Å². The minimum Gasteiger partial charge on any atom is -0.311 e. The lowest BCUT2D eigenvalue weighted by Crippen LogP contribution is -2.63. The minimum atomic E-state index is -0.195. The van der Waals surface area contributed by atoms with Gasteiger partial charge in [0.05, 0.1) is 4.47 Å². The molecule has 1 atom stereocenters. The van der Waals surface area contributed by atoms with Gasteiger partial charge >= 0.3 is 0 Å². The van der Waals surface area contributed by atoms with Crippen molar-refractivity contribution in [3.8, 4) is 0 Å². The van der Waals surface area contributed by atoms with Crippen molar-refractivity contribution in [3.05, 3.63) is 34.1 Å². The minimum absolute atomic E-state index is 0.195. The zero-order valence-electron chi connectivity index (χ0n) is 12.5. The van der Waals surface area contributed by atoms with Crippen LogP contribution < -0.4 is 5.32 Å². The Balaban J connectivity index is 2.20. The van der Waals surface area contributed by atoms with Crippen LogP contribution in [0.2, 0.25) is 0 Å². The maximum Gasteiger partial charge on any atom is 0.137 e. The van der Waals surface area contributed by atoms with Gasteiger partial charge in [-0.25, -0.2) is 4.39 Å². The Bertz CT molecular complexity index is 460. The second-order valence-electron chi connectivity index (χ2n) is 5.84. The third-order valence-corrected chi connectivity index (χ3v) is 5.23. The van der Waals surface area contributed by atoms with E-state index in [1.165, 1.54) is 5.56 Å². The molecule has 0 aromatic heterocycles. The fraction of sp³-hybridized carbons (Fsp3) is 0.625. The maximum atomic E-state index is 13.4. The van der Waals surface area contributed by atoms with Crippen LogP contribution in [0.4, 0.5) is 4.39 Å². The van der Waals surface area contributed by atoms with E-state index >= 15 is 0 Å². The fourth-order valence-electron chi connectivity index (χ4n) is 3.10. The van der Waals surface area contributed by atoms with E-state index in [2.05, 4.69) is 46.9 Å². The van der Waals surface area contributed by atoms with Gasteiger partial charge in [-0.15, -0.1) is 0 Å². The van der Waals surface area contributed by atoms with Crippen LogP contribution in [-0.4, -0.2) is 29.6 Å². The van der Waals surface area contributed by atoms with Crippen LogP contribution in [0.1, 0.15) is 39.2 Å². The molecule has 2 rings (SSSR count). The molecule has 1 unspecified atom stereocenters. The first kappa shape index (κ1) is 15.9. The summed E-state index contributed by atoms with van der Waals surface area (Å²) in [7, 11) is 0. The fourth-order valence-corrected chi connectivity index (χ4v) is 3.53.